The predicted molar refractivity (Wildman–Crippen MR) is 110 cm³/mol. The van der Waals surface area contributed by atoms with E-state index in [2.05, 4.69) is 10.3 Å². The molecule has 7 heteroatoms. The van der Waals surface area contributed by atoms with Crippen LogP contribution in [-0.2, 0) is 6.42 Å². The quantitative estimate of drug-likeness (QED) is 0.670. The number of carbonyl (C=O) groups is 2. The molecule has 2 amide bonds. The molecule has 2 aromatic carbocycles. The summed E-state index contributed by atoms with van der Waals surface area (Å²) < 4.78 is 0. The van der Waals surface area contributed by atoms with Crippen LogP contribution in [0.2, 0.25) is 10.0 Å². The molecule has 0 aliphatic carbocycles. The lowest BCUT2D eigenvalue weighted by molar-refractivity contribution is 0.0987. The van der Waals surface area contributed by atoms with E-state index in [0.717, 1.165) is 17.7 Å². The number of benzene rings is 2. The van der Waals surface area contributed by atoms with Gasteiger partial charge >= 0.3 is 0 Å². The number of fused-ring (bicyclic) bond motifs is 1. The SMILES string of the molecule is O=C(Nc1ccc2c(c1)N(C(=O)c1cccnc1)CC2)c1ccc(Cl)c(Cl)c1. The fraction of sp³-hybridized carbons (Fsp3) is 0.0952. The highest BCUT2D eigenvalue weighted by molar-refractivity contribution is 6.42. The van der Waals surface area contributed by atoms with Gasteiger partial charge in [0, 0.05) is 35.9 Å². The van der Waals surface area contributed by atoms with Crippen molar-refractivity contribution in [1.82, 2.24) is 4.98 Å². The second-order valence-electron chi connectivity index (χ2n) is 6.37. The van der Waals surface area contributed by atoms with E-state index in [0.29, 0.717) is 33.4 Å². The van der Waals surface area contributed by atoms with Crippen molar-refractivity contribution in [3.05, 3.63) is 87.7 Å². The monoisotopic (exact) mass is 411 g/mol. The molecule has 5 nitrogen and oxygen atoms in total. The number of hydrogen-bond donors (Lipinski definition) is 1. The molecule has 140 valence electrons. The Balaban J connectivity index is 1.57. The second-order valence-corrected chi connectivity index (χ2v) is 7.19. The van der Waals surface area contributed by atoms with Gasteiger partial charge in [-0.15, -0.1) is 0 Å². The van der Waals surface area contributed by atoms with Crippen LogP contribution in [0.5, 0.6) is 0 Å². The van der Waals surface area contributed by atoms with E-state index in [1.807, 2.05) is 18.2 Å². The summed E-state index contributed by atoms with van der Waals surface area (Å²) in [5.41, 5.74) is 3.38. The van der Waals surface area contributed by atoms with Crippen molar-refractivity contribution in [3.63, 3.8) is 0 Å². The minimum Gasteiger partial charge on any atom is -0.322 e. The summed E-state index contributed by atoms with van der Waals surface area (Å²) in [6.07, 6.45) is 3.95. The first-order valence-electron chi connectivity index (χ1n) is 8.64. The average Bonchev–Trinajstić information content (AvgIpc) is 3.13. The van der Waals surface area contributed by atoms with Crippen molar-refractivity contribution in [3.8, 4) is 0 Å². The van der Waals surface area contributed by atoms with Gasteiger partial charge in [0.05, 0.1) is 15.6 Å². The lowest BCUT2D eigenvalue weighted by Gasteiger charge is -2.18. The molecule has 0 atom stereocenters. The molecule has 1 aromatic heterocycles. The highest BCUT2D eigenvalue weighted by Gasteiger charge is 2.26. The topological polar surface area (TPSA) is 62.3 Å². The van der Waals surface area contributed by atoms with Crippen molar-refractivity contribution < 1.29 is 9.59 Å². The average molecular weight is 412 g/mol. The van der Waals surface area contributed by atoms with Gasteiger partial charge in [-0.2, -0.15) is 0 Å². The molecule has 0 radical (unpaired) electrons. The third kappa shape index (κ3) is 3.59. The number of hydrogen-bond acceptors (Lipinski definition) is 3. The summed E-state index contributed by atoms with van der Waals surface area (Å²) in [6, 6.07) is 13.7. The summed E-state index contributed by atoms with van der Waals surface area (Å²) >= 11 is 11.9. The number of carbonyl (C=O) groups excluding carboxylic acids is 2. The van der Waals surface area contributed by atoms with Crippen LogP contribution in [0, 0.1) is 0 Å². The number of anilines is 2. The highest BCUT2D eigenvalue weighted by Crippen LogP contribution is 2.32. The van der Waals surface area contributed by atoms with Crippen molar-refractivity contribution in [2.45, 2.75) is 6.42 Å². The van der Waals surface area contributed by atoms with Crippen LogP contribution in [-0.4, -0.2) is 23.3 Å². The van der Waals surface area contributed by atoms with Crippen LogP contribution in [0.4, 0.5) is 11.4 Å². The molecule has 1 aliphatic heterocycles. The summed E-state index contributed by atoms with van der Waals surface area (Å²) in [5, 5.41) is 3.55. The van der Waals surface area contributed by atoms with E-state index < -0.39 is 0 Å². The van der Waals surface area contributed by atoms with Crippen LogP contribution >= 0.6 is 23.2 Å². The third-order valence-corrected chi connectivity index (χ3v) is 5.31. The minimum absolute atomic E-state index is 0.111. The van der Waals surface area contributed by atoms with Crippen molar-refractivity contribution >= 4 is 46.4 Å². The number of pyridine rings is 1. The molecular weight excluding hydrogens is 397 g/mol. The third-order valence-electron chi connectivity index (χ3n) is 4.57. The fourth-order valence-electron chi connectivity index (χ4n) is 3.15. The standard InChI is InChI=1S/C21H15Cl2N3O2/c22-17-6-4-14(10-18(17)23)20(27)25-16-5-3-13-7-9-26(19(13)11-16)21(28)15-2-1-8-24-12-15/h1-6,8,10-12H,7,9H2,(H,25,27). The smallest absolute Gasteiger partial charge is 0.259 e. The van der Waals surface area contributed by atoms with E-state index in [1.54, 1.807) is 41.6 Å². The van der Waals surface area contributed by atoms with E-state index in [-0.39, 0.29) is 11.8 Å². The zero-order valence-corrected chi connectivity index (χ0v) is 16.2. The molecule has 0 saturated heterocycles. The van der Waals surface area contributed by atoms with E-state index in [4.69, 9.17) is 23.2 Å². The Hall–Kier alpha value is -2.89. The molecule has 0 spiro atoms. The van der Waals surface area contributed by atoms with E-state index in [9.17, 15) is 9.59 Å². The Morgan fingerprint density at radius 2 is 1.86 bits per heavy atom. The van der Waals surface area contributed by atoms with Gasteiger partial charge in [0.25, 0.3) is 11.8 Å². The summed E-state index contributed by atoms with van der Waals surface area (Å²) in [6.45, 7) is 0.591. The van der Waals surface area contributed by atoms with Gasteiger partial charge in [-0.3, -0.25) is 14.6 Å². The highest BCUT2D eigenvalue weighted by atomic mass is 35.5. The first-order chi connectivity index (χ1) is 13.5. The van der Waals surface area contributed by atoms with Gasteiger partial charge < -0.3 is 10.2 Å². The summed E-state index contributed by atoms with van der Waals surface area (Å²) in [5.74, 6) is -0.415. The fourth-order valence-corrected chi connectivity index (χ4v) is 3.45. The molecule has 0 saturated carbocycles. The lowest BCUT2D eigenvalue weighted by atomic mass is 10.1. The molecule has 0 fully saturated rings. The molecule has 2 heterocycles. The summed E-state index contributed by atoms with van der Waals surface area (Å²) in [7, 11) is 0. The minimum atomic E-state index is -0.304. The van der Waals surface area contributed by atoms with Gasteiger partial charge in [-0.25, -0.2) is 0 Å². The lowest BCUT2D eigenvalue weighted by Crippen LogP contribution is -2.29. The molecule has 1 aliphatic rings. The Morgan fingerprint density at radius 3 is 2.61 bits per heavy atom. The molecule has 0 unspecified atom stereocenters. The number of amides is 2. The van der Waals surface area contributed by atoms with Crippen LogP contribution < -0.4 is 10.2 Å². The maximum atomic E-state index is 12.8. The summed E-state index contributed by atoms with van der Waals surface area (Å²) in [4.78, 5) is 31.0. The zero-order valence-electron chi connectivity index (χ0n) is 14.7. The van der Waals surface area contributed by atoms with Crippen LogP contribution in [0.3, 0.4) is 0 Å². The maximum absolute atomic E-state index is 12.8. The normalized spacial score (nSPS) is 12.6. The van der Waals surface area contributed by atoms with E-state index in [1.165, 1.54) is 6.07 Å². The Labute approximate surface area is 171 Å². The molecule has 28 heavy (non-hydrogen) atoms. The van der Waals surface area contributed by atoms with Crippen molar-refractivity contribution in [2.24, 2.45) is 0 Å². The number of nitrogens with one attached hydrogen (secondary N) is 1. The zero-order chi connectivity index (χ0) is 19.7. The Morgan fingerprint density at radius 1 is 1.00 bits per heavy atom. The second kappa shape index (κ2) is 7.62. The maximum Gasteiger partial charge on any atom is 0.259 e. The van der Waals surface area contributed by atoms with Crippen LogP contribution in [0.25, 0.3) is 0 Å². The van der Waals surface area contributed by atoms with Crippen LogP contribution in [0.1, 0.15) is 26.3 Å². The van der Waals surface area contributed by atoms with Gasteiger partial charge in [0.2, 0.25) is 0 Å². The molecule has 1 N–H and O–H groups in total. The molecule has 3 aromatic rings. The first-order valence-corrected chi connectivity index (χ1v) is 9.40. The first kappa shape index (κ1) is 18.5. The number of halogens is 2. The van der Waals surface area contributed by atoms with Gasteiger partial charge in [-0.05, 0) is 54.4 Å². The molecular formula is C21H15Cl2N3O2. The van der Waals surface area contributed by atoms with Gasteiger partial charge in [0.15, 0.2) is 0 Å². The van der Waals surface area contributed by atoms with Gasteiger partial charge in [-0.1, -0.05) is 29.3 Å². The number of aromatic nitrogens is 1. The Bertz CT molecular complexity index is 1070. The predicted octanol–water partition coefficient (Wildman–Crippen LogP) is 4.84. The van der Waals surface area contributed by atoms with Crippen molar-refractivity contribution in [1.29, 1.82) is 0 Å². The van der Waals surface area contributed by atoms with E-state index >= 15 is 0 Å². The van der Waals surface area contributed by atoms with Crippen LogP contribution in [0.15, 0.2) is 60.9 Å². The number of nitrogens with zero attached hydrogens (tertiary/aromatic N) is 2. The Kier molecular flexibility index (Phi) is 5.03. The largest absolute Gasteiger partial charge is 0.322 e. The van der Waals surface area contributed by atoms with Crippen molar-refractivity contribution in [2.75, 3.05) is 16.8 Å². The number of rotatable bonds is 3. The molecule has 0 bridgehead atoms. The molecule has 4 rings (SSSR count). The van der Waals surface area contributed by atoms with Gasteiger partial charge in [0.1, 0.15) is 0 Å².